The van der Waals surface area contributed by atoms with Gasteiger partial charge < -0.3 is 4.98 Å². The highest BCUT2D eigenvalue weighted by Gasteiger charge is 2.08. The SMILES string of the molecule is Cc1[nH]c(=O)n(Cc2ccccc2)c(=O)c1Br. The van der Waals surface area contributed by atoms with Crippen molar-refractivity contribution >= 4 is 15.9 Å². The van der Waals surface area contributed by atoms with E-state index in [1.54, 1.807) is 6.92 Å². The molecule has 2 aromatic rings. The number of hydrogen-bond donors (Lipinski definition) is 1. The molecule has 4 nitrogen and oxygen atoms in total. The van der Waals surface area contributed by atoms with Gasteiger partial charge in [0.2, 0.25) is 0 Å². The first-order valence-corrected chi connectivity index (χ1v) is 5.92. The Labute approximate surface area is 106 Å². The fourth-order valence-electron chi connectivity index (χ4n) is 1.56. The van der Waals surface area contributed by atoms with Crippen molar-refractivity contribution in [2.24, 2.45) is 0 Å². The highest BCUT2D eigenvalue weighted by molar-refractivity contribution is 9.10. The number of halogens is 1. The van der Waals surface area contributed by atoms with E-state index in [1.807, 2.05) is 30.3 Å². The number of nitrogens with one attached hydrogen (secondary N) is 1. The van der Waals surface area contributed by atoms with Crippen LogP contribution in [0, 0.1) is 6.92 Å². The van der Waals surface area contributed by atoms with Gasteiger partial charge in [0.05, 0.1) is 6.54 Å². The minimum Gasteiger partial charge on any atom is -0.310 e. The molecule has 0 saturated heterocycles. The van der Waals surface area contributed by atoms with Crippen molar-refractivity contribution < 1.29 is 0 Å². The Hall–Kier alpha value is -1.62. The molecule has 0 aliphatic rings. The summed E-state index contributed by atoms with van der Waals surface area (Å²) in [5, 5.41) is 0. The number of nitrogens with zero attached hydrogens (tertiary/aromatic N) is 1. The van der Waals surface area contributed by atoms with Crippen LogP contribution in [0.2, 0.25) is 0 Å². The third-order valence-electron chi connectivity index (χ3n) is 2.49. The van der Waals surface area contributed by atoms with E-state index in [0.717, 1.165) is 5.56 Å². The van der Waals surface area contributed by atoms with Gasteiger partial charge >= 0.3 is 5.69 Å². The standard InChI is InChI=1S/C12H11BrN2O2/c1-8-10(13)11(16)15(12(17)14-8)7-9-5-3-2-4-6-9/h2-6H,7H2,1H3,(H,14,17). The minimum absolute atomic E-state index is 0.272. The summed E-state index contributed by atoms with van der Waals surface area (Å²) in [4.78, 5) is 26.2. The lowest BCUT2D eigenvalue weighted by Gasteiger charge is -2.06. The van der Waals surface area contributed by atoms with Gasteiger partial charge in [-0.25, -0.2) is 4.79 Å². The van der Waals surface area contributed by atoms with Crippen LogP contribution in [0.5, 0.6) is 0 Å². The second-order valence-electron chi connectivity index (χ2n) is 3.75. The van der Waals surface area contributed by atoms with Crippen molar-refractivity contribution in [3.8, 4) is 0 Å². The molecule has 1 aromatic carbocycles. The van der Waals surface area contributed by atoms with Crippen LogP contribution < -0.4 is 11.2 Å². The van der Waals surface area contributed by atoms with Gasteiger partial charge in [0.15, 0.2) is 0 Å². The average Bonchev–Trinajstić information content (AvgIpc) is 2.33. The van der Waals surface area contributed by atoms with Crippen LogP contribution in [0.4, 0.5) is 0 Å². The first-order valence-electron chi connectivity index (χ1n) is 5.12. The molecular weight excluding hydrogens is 284 g/mol. The summed E-state index contributed by atoms with van der Waals surface area (Å²) in [7, 11) is 0. The van der Waals surface area contributed by atoms with Gasteiger partial charge in [-0.1, -0.05) is 30.3 Å². The summed E-state index contributed by atoms with van der Waals surface area (Å²) in [5.74, 6) is 0. The molecule has 0 saturated carbocycles. The second kappa shape index (κ2) is 4.71. The summed E-state index contributed by atoms with van der Waals surface area (Å²) in [5.41, 5.74) is 0.759. The topological polar surface area (TPSA) is 54.9 Å². The molecule has 0 bridgehead atoms. The van der Waals surface area contributed by atoms with Crippen molar-refractivity contribution in [3.05, 3.63) is 66.9 Å². The van der Waals surface area contributed by atoms with E-state index in [0.29, 0.717) is 10.2 Å². The van der Waals surface area contributed by atoms with Crippen LogP contribution in [0.3, 0.4) is 0 Å². The van der Waals surface area contributed by atoms with Crippen molar-refractivity contribution in [2.75, 3.05) is 0 Å². The normalized spacial score (nSPS) is 10.5. The molecular formula is C12H11BrN2O2. The van der Waals surface area contributed by atoms with Gasteiger partial charge in [0, 0.05) is 5.69 Å². The number of benzene rings is 1. The molecule has 88 valence electrons. The smallest absolute Gasteiger partial charge is 0.310 e. The molecule has 2 rings (SSSR count). The number of aryl methyl sites for hydroxylation is 1. The maximum Gasteiger partial charge on any atom is 0.328 e. The Bertz CT molecular complexity index is 644. The van der Waals surface area contributed by atoms with Crippen molar-refractivity contribution in [2.45, 2.75) is 13.5 Å². The molecule has 17 heavy (non-hydrogen) atoms. The van der Waals surface area contributed by atoms with Crippen molar-refractivity contribution in [1.29, 1.82) is 0 Å². The highest BCUT2D eigenvalue weighted by Crippen LogP contribution is 2.05. The lowest BCUT2D eigenvalue weighted by atomic mass is 10.2. The molecule has 0 aliphatic heterocycles. The van der Waals surface area contributed by atoms with Crippen LogP contribution in [-0.2, 0) is 6.54 Å². The molecule has 0 radical (unpaired) electrons. The number of rotatable bonds is 2. The van der Waals surface area contributed by atoms with Crippen LogP contribution in [-0.4, -0.2) is 9.55 Å². The second-order valence-corrected chi connectivity index (χ2v) is 4.54. The highest BCUT2D eigenvalue weighted by atomic mass is 79.9. The van der Waals surface area contributed by atoms with Gasteiger partial charge in [-0.05, 0) is 28.4 Å². The molecule has 0 amide bonds. The minimum atomic E-state index is -0.389. The molecule has 1 aromatic heterocycles. The van der Waals surface area contributed by atoms with Crippen LogP contribution in [0.25, 0.3) is 0 Å². The third-order valence-corrected chi connectivity index (χ3v) is 3.42. The summed E-state index contributed by atoms with van der Waals surface area (Å²) < 4.78 is 1.57. The fourth-order valence-corrected chi connectivity index (χ4v) is 1.88. The first-order chi connectivity index (χ1) is 8.09. The maximum absolute atomic E-state index is 11.9. The average molecular weight is 295 g/mol. The van der Waals surface area contributed by atoms with E-state index in [1.165, 1.54) is 4.57 Å². The summed E-state index contributed by atoms with van der Waals surface area (Å²) in [6.45, 7) is 1.95. The Morgan fingerprint density at radius 1 is 1.24 bits per heavy atom. The molecule has 0 spiro atoms. The summed E-state index contributed by atoms with van der Waals surface area (Å²) in [6.07, 6.45) is 0. The Balaban J connectivity index is 2.51. The molecule has 0 fully saturated rings. The Kier molecular flexibility index (Phi) is 3.28. The van der Waals surface area contributed by atoms with E-state index in [2.05, 4.69) is 20.9 Å². The third kappa shape index (κ3) is 2.39. The Morgan fingerprint density at radius 2 is 1.88 bits per heavy atom. The van der Waals surface area contributed by atoms with Gasteiger partial charge in [-0.2, -0.15) is 0 Å². The number of hydrogen-bond acceptors (Lipinski definition) is 2. The van der Waals surface area contributed by atoms with Crippen molar-refractivity contribution in [3.63, 3.8) is 0 Å². The monoisotopic (exact) mass is 294 g/mol. The zero-order valence-electron chi connectivity index (χ0n) is 9.24. The summed E-state index contributed by atoms with van der Waals surface area (Å²) >= 11 is 3.17. The Morgan fingerprint density at radius 3 is 2.53 bits per heavy atom. The van der Waals surface area contributed by atoms with E-state index < -0.39 is 0 Å². The number of aromatic amines is 1. The van der Waals surface area contributed by atoms with Gasteiger partial charge in [-0.3, -0.25) is 9.36 Å². The fraction of sp³-hybridized carbons (Fsp3) is 0.167. The molecule has 0 aliphatic carbocycles. The van der Waals surface area contributed by atoms with Crippen LogP contribution in [0.1, 0.15) is 11.3 Å². The van der Waals surface area contributed by atoms with E-state index in [4.69, 9.17) is 0 Å². The first kappa shape index (κ1) is 11.9. The molecule has 5 heteroatoms. The zero-order chi connectivity index (χ0) is 12.4. The van der Waals surface area contributed by atoms with E-state index in [-0.39, 0.29) is 17.8 Å². The largest absolute Gasteiger partial charge is 0.328 e. The molecule has 0 unspecified atom stereocenters. The number of H-pyrrole nitrogens is 1. The maximum atomic E-state index is 11.9. The lowest BCUT2D eigenvalue weighted by molar-refractivity contribution is 0.687. The van der Waals surface area contributed by atoms with Crippen LogP contribution in [0.15, 0.2) is 44.4 Å². The predicted molar refractivity (Wildman–Crippen MR) is 69.3 cm³/mol. The summed E-state index contributed by atoms with van der Waals surface area (Å²) in [6, 6.07) is 9.39. The van der Waals surface area contributed by atoms with Crippen molar-refractivity contribution in [1.82, 2.24) is 9.55 Å². The molecule has 1 N–H and O–H groups in total. The van der Waals surface area contributed by atoms with E-state index in [9.17, 15) is 9.59 Å². The number of aromatic nitrogens is 2. The van der Waals surface area contributed by atoms with E-state index >= 15 is 0 Å². The van der Waals surface area contributed by atoms with Gasteiger partial charge in [0.1, 0.15) is 4.47 Å². The quantitative estimate of drug-likeness (QED) is 0.916. The molecule has 1 heterocycles. The molecule has 0 atom stereocenters. The van der Waals surface area contributed by atoms with Gasteiger partial charge in [0.25, 0.3) is 5.56 Å². The predicted octanol–water partition coefficient (Wildman–Crippen LogP) is 1.66. The van der Waals surface area contributed by atoms with Gasteiger partial charge in [-0.15, -0.1) is 0 Å². The zero-order valence-corrected chi connectivity index (χ0v) is 10.8. The lowest BCUT2D eigenvalue weighted by Crippen LogP contribution is -2.36. The van der Waals surface area contributed by atoms with Crippen LogP contribution >= 0.6 is 15.9 Å².